The van der Waals surface area contributed by atoms with E-state index in [1.165, 1.54) is 0 Å². The standard InChI is InChI=1S/C8H12ClNO/c1-3-5-7(4-2)10-8(11)6-9/h2,7H,3,5-6H2,1H3,(H,10,11). The molecule has 0 fully saturated rings. The maximum absolute atomic E-state index is 10.7. The molecule has 0 bridgehead atoms. The Morgan fingerprint density at radius 3 is 2.82 bits per heavy atom. The predicted molar refractivity (Wildman–Crippen MR) is 46.4 cm³/mol. The number of carbonyl (C=O) groups excluding carboxylic acids is 1. The molecule has 62 valence electrons. The minimum atomic E-state index is -0.205. The largest absolute Gasteiger partial charge is 0.341 e. The van der Waals surface area contributed by atoms with Crippen molar-refractivity contribution in [1.82, 2.24) is 5.32 Å². The molecule has 0 aliphatic heterocycles. The third-order valence-electron chi connectivity index (χ3n) is 1.24. The summed E-state index contributed by atoms with van der Waals surface area (Å²) in [5.74, 6) is 2.25. The molecule has 1 atom stereocenters. The van der Waals surface area contributed by atoms with Crippen molar-refractivity contribution in [3.05, 3.63) is 0 Å². The molecule has 1 N–H and O–H groups in total. The highest BCUT2D eigenvalue weighted by Gasteiger charge is 2.05. The van der Waals surface area contributed by atoms with E-state index in [0.29, 0.717) is 0 Å². The topological polar surface area (TPSA) is 29.1 Å². The van der Waals surface area contributed by atoms with Crippen molar-refractivity contribution < 1.29 is 4.79 Å². The monoisotopic (exact) mass is 173 g/mol. The molecule has 0 aromatic carbocycles. The van der Waals surface area contributed by atoms with E-state index in [9.17, 15) is 4.79 Å². The summed E-state index contributed by atoms with van der Waals surface area (Å²) in [7, 11) is 0. The van der Waals surface area contributed by atoms with Crippen LogP contribution in [0.2, 0.25) is 0 Å². The molecule has 1 amide bonds. The van der Waals surface area contributed by atoms with Crippen molar-refractivity contribution >= 4 is 17.5 Å². The highest BCUT2D eigenvalue weighted by Crippen LogP contribution is 1.94. The number of halogens is 1. The Labute approximate surface area is 72.3 Å². The van der Waals surface area contributed by atoms with Gasteiger partial charge in [-0.2, -0.15) is 0 Å². The predicted octanol–water partition coefficient (Wildman–Crippen LogP) is 1.14. The Balaban J connectivity index is 3.70. The number of amides is 1. The first-order chi connectivity index (χ1) is 5.24. The van der Waals surface area contributed by atoms with Crippen LogP contribution in [-0.2, 0) is 4.79 Å². The first-order valence-electron chi connectivity index (χ1n) is 3.56. The van der Waals surface area contributed by atoms with Gasteiger partial charge in [-0.05, 0) is 6.42 Å². The van der Waals surface area contributed by atoms with Crippen LogP contribution in [0.5, 0.6) is 0 Å². The fraction of sp³-hybridized carbons (Fsp3) is 0.625. The van der Waals surface area contributed by atoms with Crippen molar-refractivity contribution in [2.24, 2.45) is 0 Å². The lowest BCUT2D eigenvalue weighted by atomic mass is 10.2. The van der Waals surface area contributed by atoms with Gasteiger partial charge in [0.2, 0.25) is 5.91 Å². The van der Waals surface area contributed by atoms with Gasteiger partial charge in [0.1, 0.15) is 5.88 Å². The summed E-state index contributed by atoms with van der Waals surface area (Å²) in [6.07, 6.45) is 6.91. The van der Waals surface area contributed by atoms with Crippen molar-refractivity contribution in [3.63, 3.8) is 0 Å². The third kappa shape index (κ3) is 4.69. The average Bonchev–Trinajstić information content (AvgIpc) is 2.03. The van der Waals surface area contributed by atoms with Gasteiger partial charge in [0, 0.05) is 0 Å². The van der Waals surface area contributed by atoms with Gasteiger partial charge in [0.25, 0.3) is 0 Å². The molecule has 11 heavy (non-hydrogen) atoms. The SMILES string of the molecule is C#CC(CCC)NC(=O)CCl. The van der Waals surface area contributed by atoms with E-state index >= 15 is 0 Å². The second-order valence-electron chi connectivity index (χ2n) is 2.21. The van der Waals surface area contributed by atoms with Crippen molar-refractivity contribution in [3.8, 4) is 12.3 Å². The zero-order valence-corrected chi connectivity index (χ0v) is 7.32. The van der Waals surface area contributed by atoms with Gasteiger partial charge in [0.05, 0.1) is 6.04 Å². The Hall–Kier alpha value is -0.680. The Morgan fingerprint density at radius 1 is 1.82 bits per heavy atom. The minimum Gasteiger partial charge on any atom is -0.341 e. The molecule has 0 saturated heterocycles. The van der Waals surface area contributed by atoms with Gasteiger partial charge in [-0.25, -0.2) is 0 Å². The first-order valence-corrected chi connectivity index (χ1v) is 4.09. The zero-order valence-electron chi connectivity index (χ0n) is 6.56. The molecule has 1 unspecified atom stereocenters. The van der Waals surface area contributed by atoms with E-state index in [1.54, 1.807) is 0 Å². The summed E-state index contributed by atoms with van der Waals surface area (Å²) >= 11 is 5.27. The van der Waals surface area contributed by atoms with Crippen LogP contribution in [0.4, 0.5) is 0 Å². The molecule has 0 saturated carbocycles. The van der Waals surface area contributed by atoms with Crippen molar-refractivity contribution in [2.75, 3.05) is 5.88 Å². The number of nitrogens with one attached hydrogen (secondary N) is 1. The average molecular weight is 174 g/mol. The van der Waals surface area contributed by atoms with E-state index < -0.39 is 0 Å². The minimum absolute atomic E-state index is 0.0259. The van der Waals surface area contributed by atoms with E-state index in [4.69, 9.17) is 18.0 Å². The van der Waals surface area contributed by atoms with Crippen LogP contribution in [0.1, 0.15) is 19.8 Å². The lowest BCUT2D eigenvalue weighted by molar-refractivity contribution is -0.119. The molecule has 0 aromatic rings. The molecule has 3 heteroatoms. The van der Waals surface area contributed by atoms with E-state index in [-0.39, 0.29) is 17.8 Å². The van der Waals surface area contributed by atoms with E-state index in [0.717, 1.165) is 12.8 Å². The fourth-order valence-corrected chi connectivity index (χ4v) is 0.796. The van der Waals surface area contributed by atoms with Crippen LogP contribution < -0.4 is 5.32 Å². The summed E-state index contributed by atoms with van der Waals surface area (Å²) in [6, 6.07) is -0.161. The smallest absolute Gasteiger partial charge is 0.235 e. The van der Waals surface area contributed by atoms with Gasteiger partial charge in [-0.3, -0.25) is 4.79 Å². The van der Waals surface area contributed by atoms with Gasteiger partial charge in [-0.15, -0.1) is 18.0 Å². The van der Waals surface area contributed by atoms with Crippen LogP contribution in [0.15, 0.2) is 0 Å². The second-order valence-corrected chi connectivity index (χ2v) is 2.48. The maximum atomic E-state index is 10.7. The van der Waals surface area contributed by atoms with Crippen LogP contribution in [0.3, 0.4) is 0 Å². The van der Waals surface area contributed by atoms with Crippen molar-refractivity contribution in [1.29, 1.82) is 0 Å². The summed E-state index contributed by atoms with van der Waals surface area (Å²) in [6.45, 7) is 2.01. The molecular formula is C8H12ClNO. The van der Waals surface area contributed by atoms with Gasteiger partial charge < -0.3 is 5.32 Å². The molecule has 0 heterocycles. The first kappa shape index (κ1) is 10.3. The third-order valence-corrected chi connectivity index (χ3v) is 1.48. The van der Waals surface area contributed by atoms with Gasteiger partial charge >= 0.3 is 0 Å². The van der Waals surface area contributed by atoms with E-state index in [1.807, 2.05) is 6.92 Å². The van der Waals surface area contributed by atoms with Gasteiger partial charge in [-0.1, -0.05) is 19.3 Å². The number of hydrogen-bond donors (Lipinski definition) is 1. The van der Waals surface area contributed by atoms with Gasteiger partial charge in [0.15, 0.2) is 0 Å². The maximum Gasteiger partial charge on any atom is 0.235 e. The highest BCUT2D eigenvalue weighted by atomic mass is 35.5. The summed E-state index contributed by atoms with van der Waals surface area (Å²) < 4.78 is 0. The normalized spacial score (nSPS) is 11.7. The number of hydrogen-bond acceptors (Lipinski definition) is 1. The molecule has 0 rings (SSSR count). The van der Waals surface area contributed by atoms with Crippen molar-refractivity contribution in [2.45, 2.75) is 25.8 Å². The number of alkyl halides is 1. The van der Waals surface area contributed by atoms with E-state index in [2.05, 4.69) is 11.2 Å². The molecule has 0 aromatic heterocycles. The second kappa shape index (κ2) is 6.06. The molecular weight excluding hydrogens is 162 g/mol. The lowest BCUT2D eigenvalue weighted by Gasteiger charge is -2.09. The lowest BCUT2D eigenvalue weighted by Crippen LogP contribution is -2.34. The Bertz CT molecular complexity index is 162. The molecule has 0 aliphatic rings. The highest BCUT2D eigenvalue weighted by molar-refractivity contribution is 6.27. The van der Waals surface area contributed by atoms with Crippen LogP contribution in [0, 0.1) is 12.3 Å². The van der Waals surface area contributed by atoms with Crippen LogP contribution in [0.25, 0.3) is 0 Å². The quantitative estimate of drug-likeness (QED) is 0.502. The number of rotatable bonds is 4. The summed E-state index contributed by atoms with van der Waals surface area (Å²) in [4.78, 5) is 10.7. The van der Waals surface area contributed by atoms with Crippen LogP contribution >= 0.6 is 11.6 Å². The number of terminal acetylenes is 1. The molecule has 0 aliphatic carbocycles. The van der Waals surface area contributed by atoms with Crippen LogP contribution in [-0.4, -0.2) is 17.8 Å². The molecule has 0 spiro atoms. The number of carbonyl (C=O) groups is 1. The Morgan fingerprint density at radius 2 is 2.45 bits per heavy atom. The molecule has 2 nitrogen and oxygen atoms in total. The molecule has 0 radical (unpaired) electrons. The fourth-order valence-electron chi connectivity index (χ4n) is 0.719. The summed E-state index contributed by atoms with van der Waals surface area (Å²) in [5.41, 5.74) is 0. The summed E-state index contributed by atoms with van der Waals surface area (Å²) in [5, 5.41) is 2.61. The Kier molecular flexibility index (Phi) is 5.68. The zero-order chi connectivity index (χ0) is 8.69.